The van der Waals surface area contributed by atoms with Gasteiger partial charge in [-0.15, -0.1) is 0 Å². The summed E-state index contributed by atoms with van der Waals surface area (Å²) in [7, 11) is -3.61. The van der Waals surface area contributed by atoms with Crippen LogP contribution in [0, 0.1) is 0 Å². The molecule has 0 saturated carbocycles. The van der Waals surface area contributed by atoms with Crippen LogP contribution in [0.2, 0.25) is 0 Å². The molecule has 0 amide bonds. The Bertz CT molecular complexity index is 514. The maximum absolute atomic E-state index is 12.4. The van der Waals surface area contributed by atoms with E-state index >= 15 is 0 Å². The Morgan fingerprint density at radius 1 is 1.26 bits per heavy atom. The first kappa shape index (κ1) is 16.1. The molecule has 0 spiro atoms. The number of aliphatic hydroxyl groups is 1. The summed E-state index contributed by atoms with van der Waals surface area (Å²) in [5.74, 6) is 0. The number of benzene rings is 1. The van der Waals surface area contributed by atoms with Crippen LogP contribution in [-0.2, 0) is 15.4 Å². The Morgan fingerprint density at radius 3 is 2.32 bits per heavy atom. The fraction of sp³-hybridized carbons (Fsp3) is 0.571. The molecule has 0 saturated heterocycles. The van der Waals surface area contributed by atoms with E-state index in [1.54, 1.807) is 12.1 Å². The molecule has 2 N–H and O–H groups in total. The number of hydrogen-bond acceptors (Lipinski definition) is 3. The summed E-state index contributed by atoms with van der Waals surface area (Å²) in [5.41, 5.74) is 0.516. The first-order valence-corrected chi connectivity index (χ1v) is 7.93. The molecule has 4 nitrogen and oxygen atoms in total. The predicted molar refractivity (Wildman–Crippen MR) is 76.6 cm³/mol. The highest BCUT2D eigenvalue weighted by Crippen LogP contribution is 2.28. The Hall–Kier alpha value is -0.910. The number of aliphatic hydroxyl groups excluding tert-OH is 1. The summed E-state index contributed by atoms with van der Waals surface area (Å²) in [6.07, 6.45) is 0.549. The van der Waals surface area contributed by atoms with Crippen molar-refractivity contribution < 1.29 is 13.5 Å². The molecule has 1 aromatic carbocycles. The molecule has 1 atom stereocenters. The van der Waals surface area contributed by atoms with Crippen LogP contribution < -0.4 is 4.72 Å². The molecular formula is C14H23NO3S. The van der Waals surface area contributed by atoms with Crippen LogP contribution in [0.5, 0.6) is 0 Å². The second kappa shape index (κ2) is 6.03. The van der Waals surface area contributed by atoms with Crippen LogP contribution in [-0.4, -0.2) is 26.2 Å². The lowest BCUT2D eigenvalue weighted by molar-refractivity contribution is 0.254. The summed E-state index contributed by atoms with van der Waals surface area (Å²) < 4.78 is 27.4. The quantitative estimate of drug-likeness (QED) is 0.870. The Balaban J connectivity index is 3.23. The minimum Gasteiger partial charge on any atom is -0.395 e. The molecule has 0 aliphatic rings. The van der Waals surface area contributed by atoms with Gasteiger partial charge in [-0.1, -0.05) is 45.9 Å². The third-order valence-corrected chi connectivity index (χ3v) is 4.60. The van der Waals surface area contributed by atoms with Gasteiger partial charge in [0.05, 0.1) is 11.5 Å². The highest BCUT2D eigenvalue weighted by Gasteiger charge is 2.26. The van der Waals surface area contributed by atoms with Gasteiger partial charge in [0.25, 0.3) is 0 Å². The molecular weight excluding hydrogens is 262 g/mol. The van der Waals surface area contributed by atoms with Crippen LogP contribution >= 0.6 is 0 Å². The molecule has 5 heteroatoms. The number of sulfonamides is 1. The molecule has 1 aromatic rings. The summed E-state index contributed by atoms with van der Waals surface area (Å²) in [5, 5.41) is 9.14. The summed E-state index contributed by atoms with van der Waals surface area (Å²) >= 11 is 0. The lowest BCUT2D eigenvalue weighted by Crippen LogP contribution is -2.37. The van der Waals surface area contributed by atoms with Gasteiger partial charge < -0.3 is 5.11 Å². The zero-order valence-electron chi connectivity index (χ0n) is 12.0. The zero-order valence-corrected chi connectivity index (χ0v) is 12.8. The molecule has 0 aliphatic heterocycles. The molecule has 0 aromatic heterocycles. The van der Waals surface area contributed by atoms with Gasteiger partial charge >= 0.3 is 0 Å². The molecule has 1 rings (SSSR count). The largest absolute Gasteiger partial charge is 0.395 e. The maximum atomic E-state index is 12.4. The van der Waals surface area contributed by atoms with Crippen LogP contribution in [0.1, 0.15) is 39.7 Å². The zero-order chi connectivity index (χ0) is 14.7. The van der Waals surface area contributed by atoms with Crippen LogP contribution in [0.25, 0.3) is 0 Å². The van der Waals surface area contributed by atoms with Crippen molar-refractivity contribution in [3.63, 3.8) is 0 Å². The Morgan fingerprint density at radius 2 is 1.84 bits per heavy atom. The van der Waals surface area contributed by atoms with Crippen molar-refractivity contribution in [3.05, 3.63) is 29.8 Å². The average Bonchev–Trinajstić information content (AvgIpc) is 2.35. The van der Waals surface area contributed by atoms with Crippen molar-refractivity contribution in [1.82, 2.24) is 4.72 Å². The van der Waals surface area contributed by atoms with E-state index in [-0.39, 0.29) is 16.9 Å². The van der Waals surface area contributed by atoms with E-state index in [1.165, 1.54) is 0 Å². The predicted octanol–water partition coefficient (Wildman–Crippen LogP) is 2.03. The standard InChI is InChI=1S/C14H23NO3S/c1-5-11(10-16)15-19(17,18)13-9-7-6-8-12(13)14(2,3)4/h6-9,11,15-16H,5,10H2,1-4H3. The van der Waals surface area contributed by atoms with E-state index in [1.807, 2.05) is 39.8 Å². The molecule has 1 unspecified atom stereocenters. The van der Waals surface area contributed by atoms with E-state index in [2.05, 4.69) is 4.72 Å². The van der Waals surface area contributed by atoms with E-state index in [0.717, 1.165) is 5.56 Å². The van der Waals surface area contributed by atoms with E-state index in [0.29, 0.717) is 6.42 Å². The van der Waals surface area contributed by atoms with Gasteiger partial charge in [-0.25, -0.2) is 13.1 Å². The normalized spacial score (nSPS) is 14.4. The maximum Gasteiger partial charge on any atom is 0.241 e. The third kappa shape index (κ3) is 4.03. The van der Waals surface area contributed by atoms with E-state index in [4.69, 9.17) is 5.11 Å². The average molecular weight is 285 g/mol. The first-order chi connectivity index (χ1) is 8.72. The molecule has 0 fully saturated rings. The van der Waals surface area contributed by atoms with Crippen molar-refractivity contribution >= 4 is 10.0 Å². The molecule has 0 heterocycles. The molecule has 19 heavy (non-hydrogen) atoms. The minimum atomic E-state index is -3.61. The fourth-order valence-corrected chi connectivity index (χ4v) is 3.58. The second-order valence-corrected chi connectivity index (χ2v) is 7.34. The molecule has 0 radical (unpaired) electrons. The van der Waals surface area contributed by atoms with Crippen molar-refractivity contribution in [2.75, 3.05) is 6.61 Å². The first-order valence-electron chi connectivity index (χ1n) is 6.45. The fourth-order valence-electron chi connectivity index (χ4n) is 1.85. The van der Waals surface area contributed by atoms with Gasteiger partial charge in [0.15, 0.2) is 0 Å². The van der Waals surface area contributed by atoms with E-state index < -0.39 is 16.1 Å². The molecule has 0 aliphatic carbocycles. The van der Waals surface area contributed by atoms with Gasteiger partial charge in [0.2, 0.25) is 10.0 Å². The highest BCUT2D eigenvalue weighted by atomic mass is 32.2. The Kier molecular flexibility index (Phi) is 5.12. The Labute approximate surface area is 115 Å². The lowest BCUT2D eigenvalue weighted by Gasteiger charge is -2.24. The van der Waals surface area contributed by atoms with Gasteiger partial charge in [0.1, 0.15) is 0 Å². The topological polar surface area (TPSA) is 66.4 Å². The SMILES string of the molecule is CCC(CO)NS(=O)(=O)c1ccccc1C(C)(C)C. The number of rotatable bonds is 5. The van der Waals surface area contributed by atoms with Crippen molar-refractivity contribution in [2.24, 2.45) is 0 Å². The molecule has 0 bridgehead atoms. The van der Waals surface area contributed by atoms with Crippen LogP contribution in [0.3, 0.4) is 0 Å². The van der Waals surface area contributed by atoms with Crippen LogP contribution in [0.4, 0.5) is 0 Å². The highest BCUT2D eigenvalue weighted by molar-refractivity contribution is 7.89. The van der Waals surface area contributed by atoms with Gasteiger partial charge in [0, 0.05) is 6.04 Å². The third-order valence-electron chi connectivity index (χ3n) is 3.02. The summed E-state index contributed by atoms with van der Waals surface area (Å²) in [6, 6.07) is 6.53. The summed E-state index contributed by atoms with van der Waals surface area (Å²) in [6.45, 7) is 7.56. The van der Waals surface area contributed by atoms with E-state index in [9.17, 15) is 8.42 Å². The molecule has 108 valence electrons. The van der Waals surface area contributed by atoms with Crippen molar-refractivity contribution in [2.45, 2.75) is 50.5 Å². The van der Waals surface area contributed by atoms with Gasteiger partial charge in [-0.05, 0) is 23.5 Å². The monoisotopic (exact) mass is 285 g/mol. The second-order valence-electron chi connectivity index (χ2n) is 5.66. The van der Waals surface area contributed by atoms with Crippen molar-refractivity contribution in [3.8, 4) is 0 Å². The van der Waals surface area contributed by atoms with Gasteiger partial charge in [-0.2, -0.15) is 0 Å². The van der Waals surface area contributed by atoms with Crippen molar-refractivity contribution in [1.29, 1.82) is 0 Å². The number of nitrogens with one attached hydrogen (secondary N) is 1. The van der Waals surface area contributed by atoms with Crippen LogP contribution in [0.15, 0.2) is 29.2 Å². The smallest absolute Gasteiger partial charge is 0.241 e. The lowest BCUT2D eigenvalue weighted by atomic mass is 9.87. The minimum absolute atomic E-state index is 0.201. The summed E-state index contributed by atoms with van der Waals surface area (Å²) in [4.78, 5) is 0.286. The number of hydrogen-bond donors (Lipinski definition) is 2. The van der Waals surface area contributed by atoms with Gasteiger partial charge in [-0.3, -0.25) is 0 Å².